The number of anilines is 1. The molecule has 1 fully saturated rings. The number of hydrogen-bond acceptors (Lipinski definition) is 2. The fraction of sp³-hybridized carbons (Fsp3) is 0.389. The molecule has 0 N–H and O–H groups in total. The number of amides is 1. The zero-order valence-electron chi connectivity index (χ0n) is 12.4. The van der Waals surface area contributed by atoms with E-state index < -0.39 is 0 Å². The van der Waals surface area contributed by atoms with Crippen LogP contribution in [-0.4, -0.2) is 36.5 Å². The van der Waals surface area contributed by atoms with Gasteiger partial charge in [0.2, 0.25) is 0 Å². The lowest BCUT2D eigenvalue weighted by molar-refractivity contribution is 0.0985. The molecule has 0 radical (unpaired) electrons. The first-order chi connectivity index (χ1) is 10.3. The first-order valence-corrected chi connectivity index (χ1v) is 7.87. The van der Waals surface area contributed by atoms with Crippen molar-refractivity contribution in [2.75, 3.05) is 24.5 Å². The number of rotatable bonds is 3. The molecule has 108 valence electrons. The van der Waals surface area contributed by atoms with Crippen molar-refractivity contribution >= 4 is 22.4 Å². The summed E-state index contributed by atoms with van der Waals surface area (Å²) >= 11 is 0. The van der Waals surface area contributed by atoms with Crippen LogP contribution in [0.2, 0.25) is 0 Å². The molecule has 3 nitrogen and oxygen atoms in total. The molecule has 0 bridgehead atoms. The number of hydrogen-bond donors (Lipinski definition) is 0. The van der Waals surface area contributed by atoms with Gasteiger partial charge in [0.15, 0.2) is 0 Å². The highest BCUT2D eigenvalue weighted by atomic mass is 16.2. The minimum absolute atomic E-state index is 0.171. The van der Waals surface area contributed by atoms with Crippen LogP contribution in [0.4, 0.5) is 5.69 Å². The van der Waals surface area contributed by atoms with Gasteiger partial charge in [0.1, 0.15) is 0 Å². The lowest BCUT2D eigenvalue weighted by Crippen LogP contribution is -2.41. The number of likely N-dealkylation sites (tertiary alicyclic amines) is 1. The molecule has 1 saturated heterocycles. The molecule has 0 aromatic heterocycles. The predicted molar refractivity (Wildman–Crippen MR) is 85.9 cm³/mol. The van der Waals surface area contributed by atoms with Crippen molar-refractivity contribution < 1.29 is 4.79 Å². The Morgan fingerprint density at radius 2 is 2.00 bits per heavy atom. The number of benzene rings is 2. The van der Waals surface area contributed by atoms with Crippen LogP contribution in [0.5, 0.6) is 0 Å². The Hall–Kier alpha value is -1.87. The van der Waals surface area contributed by atoms with Crippen LogP contribution in [0.25, 0.3) is 10.8 Å². The molecule has 2 aromatic rings. The number of likely N-dealkylation sites (N-methyl/N-ethyl adjacent to an activating group) is 1. The van der Waals surface area contributed by atoms with Gasteiger partial charge >= 0.3 is 0 Å². The smallest absolute Gasteiger partial charge is 0.259 e. The largest absolute Gasteiger partial charge is 0.306 e. The zero-order valence-corrected chi connectivity index (χ0v) is 12.4. The first kappa shape index (κ1) is 12.8. The van der Waals surface area contributed by atoms with Gasteiger partial charge in [0.25, 0.3) is 5.91 Å². The Morgan fingerprint density at radius 1 is 1.19 bits per heavy atom. The third kappa shape index (κ3) is 1.88. The van der Waals surface area contributed by atoms with E-state index in [0.717, 1.165) is 29.7 Å². The topological polar surface area (TPSA) is 23.6 Å². The lowest BCUT2D eigenvalue weighted by atomic mass is 10.1. The Kier molecular flexibility index (Phi) is 2.96. The summed E-state index contributed by atoms with van der Waals surface area (Å²) in [6.45, 7) is 5.27. The van der Waals surface area contributed by atoms with Crippen molar-refractivity contribution in [2.45, 2.75) is 25.8 Å². The van der Waals surface area contributed by atoms with Gasteiger partial charge in [0.05, 0.1) is 5.69 Å². The van der Waals surface area contributed by atoms with Crippen LogP contribution in [0.15, 0.2) is 36.4 Å². The van der Waals surface area contributed by atoms with Crippen molar-refractivity contribution in [3.8, 4) is 0 Å². The van der Waals surface area contributed by atoms with Gasteiger partial charge in [-0.05, 0) is 43.5 Å². The van der Waals surface area contributed by atoms with E-state index in [9.17, 15) is 4.79 Å². The summed E-state index contributed by atoms with van der Waals surface area (Å²) in [6.07, 6.45) is 2.45. The third-order valence-electron chi connectivity index (χ3n) is 4.95. The fourth-order valence-corrected chi connectivity index (χ4v) is 3.89. The van der Waals surface area contributed by atoms with Crippen molar-refractivity contribution in [2.24, 2.45) is 0 Å². The quantitative estimate of drug-likeness (QED) is 0.861. The van der Waals surface area contributed by atoms with E-state index in [4.69, 9.17) is 0 Å². The molecule has 21 heavy (non-hydrogen) atoms. The number of nitrogens with zero attached hydrogens (tertiary/aromatic N) is 2. The van der Waals surface area contributed by atoms with Crippen LogP contribution >= 0.6 is 0 Å². The van der Waals surface area contributed by atoms with E-state index in [0.29, 0.717) is 6.04 Å². The minimum atomic E-state index is 0.171. The van der Waals surface area contributed by atoms with E-state index in [1.807, 2.05) is 17.0 Å². The predicted octanol–water partition coefficient (Wildman–Crippen LogP) is 3.28. The summed E-state index contributed by atoms with van der Waals surface area (Å²) in [6, 6.07) is 12.8. The van der Waals surface area contributed by atoms with Gasteiger partial charge in [-0.15, -0.1) is 0 Å². The van der Waals surface area contributed by atoms with Crippen molar-refractivity contribution in [1.29, 1.82) is 0 Å². The van der Waals surface area contributed by atoms with E-state index in [1.54, 1.807) is 0 Å². The van der Waals surface area contributed by atoms with Gasteiger partial charge in [0, 0.05) is 23.5 Å². The molecule has 0 unspecified atom stereocenters. The highest BCUT2D eigenvalue weighted by Crippen LogP contribution is 2.37. The Bertz CT molecular complexity index is 704. The molecule has 2 aliphatic heterocycles. The van der Waals surface area contributed by atoms with Crippen LogP contribution in [-0.2, 0) is 0 Å². The molecule has 4 rings (SSSR count). The standard InChI is InChI=1S/C18H20N2O/c1-2-19-11-5-8-14(19)12-20-16-10-4-7-13-6-3-9-15(17(13)16)18(20)21/h3-4,6-7,9-10,14H,2,5,8,11-12H2,1H3/t14-/m0/s1. The van der Waals surface area contributed by atoms with Gasteiger partial charge in [-0.25, -0.2) is 0 Å². The van der Waals surface area contributed by atoms with E-state index in [1.165, 1.54) is 24.8 Å². The molecule has 1 amide bonds. The normalized spacial score (nSPS) is 21.7. The summed E-state index contributed by atoms with van der Waals surface area (Å²) in [4.78, 5) is 17.3. The highest BCUT2D eigenvalue weighted by Gasteiger charge is 2.33. The maximum Gasteiger partial charge on any atom is 0.259 e. The molecule has 1 atom stereocenters. The van der Waals surface area contributed by atoms with Crippen molar-refractivity contribution in [1.82, 2.24) is 4.90 Å². The van der Waals surface area contributed by atoms with Crippen LogP contribution in [0.1, 0.15) is 30.1 Å². The van der Waals surface area contributed by atoms with Gasteiger partial charge in [-0.3, -0.25) is 9.69 Å². The second-order valence-corrected chi connectivity index (χ2v) is 6.02. The SMILES string of the molecule is CCN1CCC[C@H]1CN1C(=O)c2cccc3cccc1c23. The number of carbonyl (C=O) groups excluding carboxylic acids is 1. The summed E-state index contributed by atoms with van der Waals surface area (Å²) in [5, 5.41) is 2.30. The molecular weight excluding hydrogens is 260 g/mol. The fourth-order valence-electron chi connectivity index (χ4n) is 3.89. The lowest BCUT2D eigenvalue weighted by Gasteiger charge is -2.28. The molecule has 0 spiro atoms. The molecule has 0 saturated carbocycles. The van der Waals surface area contributed by atoms with E-state index in [2.05, 4.69) is 36.1 Å². The summed E-state index contributed by atoms with van der Waals surface area (Å²) in [5.41, 5.74) is 1.96. The molecule has 2 aromatic carbocycles. The third-order valence-corrected chi connectivity index (χ3v) is 4.95. The van der Waals surface area contributed by atoms with Gasteiger partial charge in [-0.1, -0.05) is 31.2 Å². The Morgan fingerprint density at radius 3 is 2.81 bits per heavy atom. The van der Waals surface area contributed by atoms with Gasteiger partial charge in [-0.2, -0.15) is 0 Å². The second-order valence-electron chi connectivity index (χ2n) is 6.02. The number of carbonyl (C=O) groups is 1. The van der Waals surface area contributed by atoms with Crippen LogP contribution in [0, 0.1) is 0 Å². The molecule has 3 heteroatoms. The molecule has 2 heterocycles. The molecular formula is C18H20N2O. The van der Waals surface area contributed by atoms with Crippen LogP contribution in [0.3, 0.4) is 0 Å². The van der Waals surface area contributed by atoms with Crippen molar-refractivity contribution in [3.63, 3.8) is 0 Å². The summed E-state index contributed by atoms with van der Waals surface area (Å²) in [7, 11) is 0. The summed E-state index contributed by atoms with van der Waals surface area (Å²) in [5.74, 6) is 0.171. The zero-order chi connectivity index (χ0) is 14.4. The minimum Gasteiger partial charge on any atom is -0.306 e. The second kappa shape index (κ2) is 4.85. The maximum absolute atomic E-state index is 12.8. The van der Waals surface area contributed by atoms with Gasteiger partial charge < -0.3 is 4.90 Å². The Balaban J connectivity index is 1.72. The van der Waals surface area contributed by atoms with Crippen molar-refractivity contribution in [3.05, 3.63) is 42.0 Å². The highest BCUT2D eigenvalue weighted by molar-refractivity contribution is 6.25. The van der Waals surface area contributed by atoms with E-state index >= 15 is 0 Å². The molecule has 2 aliphatic rings. The maximum atomic E-state index is 12.8. The van der Waals surface area contributed by atoms with E-state index in [-0.39, 0.29) is 5.91 Å². The molecule has 0 aliphatic carbocycles. The first-order valence-electron chi connectivity index (χ1n) is 7.87. The summed E-state index contributed by atoms with van der Waals surface area (Å²) < 4.78 is 0. The average molecular weight is 280 g/mol. The monoisotopic (exact) mass is 280 g/mol. The Labute approximate surface area is 125 Å². The average Bonchev–Trinajstić information content (AvgIpc) is 3.07. The van der Waals surface area contributed by atoms with Crippen LogP contribution < -0.4 is 4.90 Å².